The van der Waals surface area contributed by atoms with Crippen molar-refractivity contribution in [3.05, 3.63) is 35.4 Å². The van der Waals surface area contributed by atoms with Crippen molar-refractivity contribution in [2.75, 3.05) is 19.6 Å². The first-order chi connectivity index (χ1) is 10.6. The molecule has 1 aromatic carbocycles. The van der Waals surface area contributed by atoms with Crippen LogP contribution in [0.3, 0.4) is 0 Å². The van der Waals surface area contributed by atoms with Crippen LogP contribution in [-0.2, 0) is 4.79 Å². The van der Waals surface area contributed by atoms with Gasteiger partial charge in [0.05, 0.1) is 0 Å². The van der Waals surface area contributed by atoms with Crippen molar-refractivity contribution in [1.82, 2.24) is 15.1 Å². The van der Waals surface area contributed by atoms with Gasteiger partial charge in [-0.1, -0.05) is 6.07 Å². The standard InChI is InChI=1S/C15H15N3O4/c19-12-5-2-7-17(12)13(20)10-3-1-4-11(9-10)14(21)18-8-6-16-15(18)22/h1,3-4,9H,2,5-8H2,(H,16,22). The van der Waals surface area contributed by atoms with Gasteiger partial charge < -0.3 is 5.32 Å². The number of urea groups is 1. The predicted molar refractivity (Wildman–Crippen MR) is 76.2 cm³/mol. The molecule has 0 aliphatic carbocycles. The van der Waals surface area contributed by atoms with Crippen LogP contribution in [0.4, 0.5) is 4.79 Å². The van der Waals surface area contributed by atoms with Gasteiger partial charge in [-0.2, -0.15) is 0 Å². The summed E-state index contributed by atoms with van der Waals surface area (Å²) in [4.78, 5) is 50.1. The van der Waals surface area contributed by atoms with Crippen molar-refractivity contribution < 1.29 is 19.2 Å². The van der Waals surface area contributed by atoms with E-state index in [1.165, 1.54) is 11.0 Å². The Morgan fingerprint density at radius 3 is 2.23 bits per heavy atom. The third kappa shape index (κ3) is 2.45. The first kappa shape index (κ1) is 14.2. The molecular formula is C15H15N3O4. The van der Waals surface area contributed by atoms with E-state index < -0.39 is 17.8 Å². The van der Waals surface area contributed by atoms with Crippen LogP contribution in [0.5, 0.6) is 0 Å². The van der Waals surface area contributed by atoms with E-state index in [9.17, 15) is 19.2 Å². The Morgan fingerprint density at radius 2 is 1.68 bits per heavy atom. The Kier molecular flexibility index (Phi) is 3.62. The molecule has 1 aromatic rings. The first-order valence-corrected chi connectivity index (χ1v) is 7.12. The maximum atomic E-state index is 12.3. The maximum absolute atomic E-state index is 12.3. The fraction of sp³-hybridized carbons (Fsp3) is 0.333. The van der Waals surface area contributed by atoms with E-state index in [-0.39, 0.29) is 17.0 Å². The quantitative estimate of drug-likeness (QED) is 0.811. The van der Waals surface area contributed by atoms with Crippen LogP contribution in [-0.4, -0.2) is 53.2 Å². The number of carbonyl (C=O) groups excluding carboxylic acids is 4. The van der Waals surface area contributed by atoms with Crippen molar-refractivity contribution in [1.29, 1.82) is 0 Å². The summed E-state index contributed by atoms with van der Waals surface area (Å²) in [7, 11) is 0. The van der Waals surface area contributed by atoms with Gasteiger partial charge in [-0.05, 0) is 24.6 Å². The monoisotopic (exact) mass is 301 g/mol. The Morgan fingerprint density at radius 1 is 1.00 bits per heavy atom. The first-order valence-electron chi connectivity index (χ1n) is 7.12. The smallest absolute Gasteiger partial charge is 0.324 e. The SMILES string of the molecule is O=C1CCCN1C(=O)c1cccc(C(=O)N2CCNC2=O)c1. The molecule has 0 atom stereocenters. The molecule has 2 fully saturated rings. The minimum Gasteiger partial charge on any atom is -0.336 e. The van der Waals surface area contributed by atoms with Gasteiger partial charge in [0.1, 0.15) is 0 Å². The zero-order chi connectivity index (χ0) is 15.7. The highest BCUT2D eigenvalue weighted by Crippen LogP contribution is 2.16. The van der Waals surface area contributed by atoms with Crippen LogP contribution in [0.1, 0.15) is 33.6 Å². The summed E-state index contributed by atoms with van der Waals surface area (Å²) in [5, 5.41) is 2.55. The van der Waals surface area contributed by atoms with E-state index >= 15 is 0 Å². The van der Waals surface area contributed by atoms with Crippen LogP contribution < -0.4 is 5.32 Å². The molecule has 2 heterocycles. The average Bonchev–Trinajstić information content (AvgIpc) is 3.14. The molecule has 0 unspecified atom stereocenters. The molecule has 0 aromatic heterocycles. The van der Waals surface area contributed by atoms with Gasteiger partial charge in [0.25, 0.3) is 11.8 Å². The van der Waals surface area contributed by atoms with E-state index in [0.29, 0.717) is 32.5 Å². The Bertz CT molecular complexity index is 617. The summed E-state index contributed by atoms with van der Waals surface area (Å²) in [6.45, 7) is 1.14. The Labute approximate surface area is 126 Å². The van der Waals surface area contributed by atoms with Gasteiger partial charge in [-0.25, -0.2) is 4.79 Å². The molecule has 7 nitrogen and oxygen atoms in total. The highest BCUT2D eigenvalue weighted by molar-refractivity contribution is 6.09. The zero-order valence-corrected chi connectivity index (χ0v) is 11.9. The van der Waals surface area contributed by atoms with E-state index in [1.807, 2.05) is 0 Å². The van der Waals surface area contributed by atoms with Crippen molar-refractivity contribution in [3.63, 3.8) is 0 Å². The normalized spacial score (nSPS) is 17.8. The van der Waals surface area contributed by atoms with Gasteiger partial charge in [-0.3, -0.25) is 24.2 Å². The summed E-state index contributed by atoms with van der Waals surface area (Å²) in [5.74, 6) is -1.04. The van der Waals surface area contributed by atoms with E-state index in [2.05, 4.69) is 5.32 Å². The van der Waals surface area contributed by atoms with Gasteiger partial charge in [0.2, 0.25) is 5.91 Å². The maximum Gasteiger partial charge on any atom is 0.324 e. The lowest BCUT2D eigenvalue weighted by molar-refractivity contribution is -0.125. The van der Waals surface area contributed by atoms with Gasteiger partial charge in [-0.15, -0.1) is 0 Å². The van der Waals surface area contributed by atoms with E-state index in [4.69, 9.17) is 0 Å². The molecule has 22 heavy (non-hydrogen) atoms. The molecule has 3 rings (SSSR count). The number of nitrogens with one attached hydrogen (secondary N) is 1. The summed E-state index contributed by atoms with van der Waals surface area (Å²) in [5.41, 5.74) is 0.537. The molecule has 2 saturated heterocycles. The van der Waals surface area contributed by atoms with E-state index in [1.54, 1.807) is 18.2 Å². The second-order valence-electron chi connectivity index (χ2n) is 5.22. The van der Waals surface area contributed by atoms with Gasteiger partial charge >= 0.3 is 6.03 Å². The Balaban J connectivity index is 1.83. The molecule has 0 spiro atoms. The summed E-state index contributed by atoms with van der Waals surface area (Å²) >= 11 is 0. The molecule has 2 aliphatic rings. The molecular weight excluding hydrogens is 286 g/mol. The van der Waals surface area contributed by atoms with Gasteiger partial charge in [0, 0.05) is 37.2 Å². The second kappa shape index (κ2) is 5.59. The van der Waals surface area contributed by atoms with Crippen LogP contribution in [0, 0.1) is 0 Å². The molecule has 114 valence electrons. The number of hydrogen-bond acceptors (Lipinski definition) is 4. The van der Waals surface area contributed by atoms with Crippen LogP contribution in [0.25, 0.3) is 0 Å². The predicted octanol–water partition coefficient (Wildman–Crippen LogP) is 0.615. The second-order valence-corrected chi connectivity index (χ2v) is 5.22. The number of amides is 5. The zero-order valence-electron chi connectivity index (χ0n) is 11.9. The van der Waals surface area contributed by atoms with Gasteiger partial charge in [0.15, 0.2) is 0 Å². The van der Waals surface area contributed by atoms with E-state index in [0.717, 1.165) is 4.90 Å². The lowest BCUT2D eigenvalue weighted by atomic mass is 10.1. The number of benzene rings is 1. The Hall–Kier alpha value is -2.70. The molecule has 2 aliphatic heterocycles. The number of likely N-dealkylation sites (tertiary alicyclic amines) is 1. The third-order valence-electron chi connectivity index (χ3n) is 3.78. The third-order valence-corrected chi connectivity index (χ3v) is 3.78. The number of rotatable bonds is 2. The minimum atomic E-state index is -0.447. The lowest BCUT2D eigenvalue weighted by Gasteiger charge is -2.15. The van der Waals surface area contributed by atoms with Crippen molar-refractivity contribution >= 4 is 23.8 Å². The number of carbonyl (C=O) groups is 4. The highest BCUT2D eigenvalue weighted by Gasteiger charge is 2.30. The molecule has 5 amide bonds. The summed E-state index contributed by atoms with van der Waals surface area (Å²) in [6.07, 6.45) is 1.04. The molecule has 1 N–H and O–H groups in total. The largest absolute Gasteiger partial charge is 0.336 e. The molecule has 0 saturated carbocycles. The molecule has 7 heteroatoms. The number of hydrogen-bond donors (Lipinski definition) is 1. The summed E-state index contributed by atoms with van der Waals surface area (Å²) in [6, 6.07) is 5.69. The fourth-order valence-corrected chi connectivity index (χ4v) is 2.63. The van der Waals surface area contributed by atoms with Crippen molar-refractivity contribution in [3.8, 4) is 0 Å². The van der Waals surface area contributed by atoms with Crippen molar-refractivity contribution in [2.45, 2.75) is 12.8 Å². The minimum absolute atomic E-state index is 0.194. The van der Waals surface area contributed by atoms with Crippen LogP contribution in [0.15, 0.2) is 24.3 Å². The fourth-order valence-electron chi connectivity index (χ4n) is 2.63. The topological polar surface area (TPSA) is 86.8 Å². The summed E-state index contributed by atoms with van der Waals surface area (Å²) < 4.78 is 0. The van der Waals surface area contributed by atoms with Crippen molar-refractivity contribution in [2.24, 2.45) is 0 Å². The van der Waals surface area contributed by atoms with Crippen LogP contribution in [0.2, 0.25) is 0 Å². The lowest BCUT2D eigenvalue weighted by Crippen LogP contribution is -2.35. The molecule has 0 bridgehead atoms. The number of nitrogens with zero attached hydrogens (tertiary/aromatic N) is 2. The molecule has 0 radical (unpaired) electrons. The highest BCUT2D eigenvalue weighted by atomic mass is 16.2. The van der Waals surface area contributed by atoms with Crippen LogP contribution >= 0.6 is 0 Å². The number of imide groups is 2. The average molecular weight is 301 g/mol.